The van der Waals surface area contributed by atoms with Crippen LogP contribution in [0.4, 0.5) is 0 Å². The summed E-state index contributed by atoms with van der Waals surface area (Å²) in [5.41, 5.74) is 8.14. The number of benzene rings is 2. The van der Waals surface area contributed by atoms with Crippen LogP contribution in [0.1, 0.15) is 142 Å². The van der Waals surface area contributed by atoms with Crippen LogP contribution in [-0.2, 0) is 34.5 Å². The minimum atomic E-state index is -0.0535. The van der Waals surface area contributed by atoms with Gasteiger partial charge in [-0.25, -0.2) is 0 Å². The van der Waals surface area contributed by atoms with Crippen molar-refractivity contribution in [3.05, 3.63) is 63.7 Å². The molecule has 0 fully saturated rings. The molecule has 0 saturated carbocycles. The number of phenols is 1. The molecule has 2 aromatic rings. The molecule has 0 saturated heterocycles. The first-order valence-corrected chi connectivity index (χ1v) is 14.1. The standard InChI is InChI=1S/C34H54O/c1-13-31(5,6)26-19-24(20-27(22-26)32(7,8)14-2)17-18-25-21-28(33(9,10)15-3)23-29(30(25)35)34(11,12)16-4/h19-23,35H,13-18H2,1-12H3. The molecule has 196 valence electrons. The van der Waals surface area contributed by atoms with Gasteiger partial charge < -0.3 is 5.11 Å². The Morgan fingerprint density at radius 3 is 1.31 bits per heavy atom. The molecule has 1 nitrogen and oxygen atoms in total. The molecular formula is C34H54O. The van der Waals surface area contributed by atoms with Gasteiger partial charge in [0.05, 0.1) is 0 Å². The Labute approximate surface area is 217 Å². The van der Waals surface area contributed by atoms with Gasteiger partial charge in [-0.15, -0.1) is 0 Å². The maximum atomic E-state index is 11.4. The number of hydrogen-bond donors (Lipinski definition) is 1. The van der Waals surface area contributed by atoms with Crippen molar-refractivity contribution in [3.8, 4) is 5.75 Å². The SMILES string of the molecule is CCC(C)(C)c1cc(CCc2cc(C(C)(C)CC)cc(C(C)(C)CC)c2O)cc(C(C)(C)CC)c1. The van der Waals surface area contributed by atoms with Crippen LogP contribution < -0.4 is 0 Å². The Hall–Kier alpha value is -1.76. The van der Waals surface area contributed by atoms with E-state index in [1.165, 1.54) is 22.3 Å². The predicted molar refractivity (Wildman–Crippen MR) is 155 cm³/mol. The van der Waals surface area contributed by atoms with E-state index in [-0.39, 0.29) is 21.7 Å². The van der Waals surface area contributed by atoms with Gasteiger partial charge in [-0.3, -0.25) is 0 Å². The molecule has 2 rings (SSSR count). The van der Waals surface area contributed by atoms with Crippen molar-refractivity contribution in [1.82, 2.24) is 0 Å². The monoisotopic (exact) mass is 478 g/mol. The fourth-order valence-corrected chi connectivity index (χ4v) is 4.49. The average Bonchev–Trinajstić information content (AvgIpc) is 2.82. The van der Waals surface area contributed by atoms with Gasteiger partial charge in [0.2, 0.25) is 0 Å². The molecule has 2 aromatic carbocycles. The summed E-state index contributed by atoms with van der Waals surface area (Å²) >= 11 is 0. The molecule has 0 bridgehead atoms. The normalized spacial score (nSPS) is 13.4. The summed E-state index contributed by atoms with van der Waals surface area (Å²) in [5, 5.41) is 11.4. The molecule has 0 atom stereocenters. The number of phenolic OH excluding ortho intramolecular Hbond substituents is 1. The predicted octanol–water partition coefficient (Wildman–Crippen LogP) is 9.93. The molecule has 0 radical (unpaired) electrons. The van der Waals surface area contributed by atoms with Crippen molar-refractivity contribution < 1.29 is 5.11 Å². The van der Waals surface area contributed by atoms with E-state index in [0.717, 1.165) is 49.7 Å². The Morgan fingerprint density at radius 2 is 0.914 bits per heavy atom. The molecule has 1 N–H and O–H groups in total. The highest BCUT2D eigenvalue weighted by Crippen LogP contribution is 2.41. The smallest absolute Gasteiger partial charge is 0.122 e. The first-order chi connectivity index (χ1) is 16.0. The summed E-state index contributed by atoms with van der Waals surface area (Å²) in [6, 6.07) is 11.8. The Bertz CT molecular complexity index is 969. The quantitative estimate of drug-likeness (QED) is 0.340. The highest BCUT2D eigenvalue weighted by atomic mass is 16.3. The highest BCUT2D eigenvalue weighted by Gasteiger charge is 2.28. The van der Waals surface area contributed by atoms with E-state index in [1.54, 1.807) is 0 Å². The zero-order chi connectivity index (χ0) is 26.8. The summed E-state index contributed by atoms with van der Waals surface area (Å²) in [4.78, 5) is 0. The van der Waals surface area contributed by atoms with Gasteiger partial charge in [-0.1, -0.05) is 113 Å². The molecular weight excluding hydrogens is 424 g/mol. The lowest BCUT2D eigenvalue weighted by Crippen LogP contribution is -2.21. The molecule has 0 aliphatic rings. The van der Waals surface area contributed by atoms with Gasteiger partial charge in [0.25, 0.3) is 0 Å². The van der Waals surface area contributed by atoms with E-state index in [9.17, 15) is 5.11 Å². The molecule has 0 spiro atoms. The molecule has 0 heterocycles. The summed E-state index contributed by atoms with van der Waals surface area (Å²) in [5.74, 6) is 0.506. The van der Waals surface area contributed by atoms with Crippen LogP contribution in [0.5, 0.6) is 5.75 Å². The van der Waals surface area contributed by atoms with Crippen LogP contribution >= 0.6 is 0 Å². The molecule has 1 heteroatoms. The minimum absolute atomic E-state index is 0.0535. The lowest BCUT2D eigenvalue weighted by atomic mass is 9.74. The van der Waals surface area contributed by atoms with E-state index < -0.39 is 0 Å². The number of hydrogen-bond acceptors (Lipinski definition) is 1. The van der Waals surface area contributed by atoms with Crippen LogP contribution in [0, 0.1) is 0 Å². The van der Waals surface area contributed by atoms with Crippen LogP contribution in [-0.4, -0.2) is 5.11 Å². The third-order valence-corrected chi connectivity index (χ3v) is 9.47. The van der Waals surface area contributed by atoms with E-state index in [0.29, 0.717) is 5.75 Å². The van der Waals surface area contributed by atoms with E-state index in [4.69, 9.17) is 0 Å². The highest BCUT2D eigenvalue weighted by molar-refractivity contribution is 5.49. The van der Waals surface area contributed by atoms with E-state index in [1.807, 2.05) is 0 Å². The van der Waals surface area contributed by atoms with Crippen molar-refractivity contribution >= 4 is 0 Å². The first kappa shape index (κ1) is 29.5. The molecule has 0 aliphatic carbocycles. The Kier molecular flexibility index (Phi) is 9.01. The summed E-state index contributed by atoms with van der Waals surface area (Å²) in [7, 11) is 0. The second-order valence-corrected chi connectivity index (χ2v) is 13.4. The first-order valence-electron chi connectivity index (χ1n) is 14.1. The van der Waals surface area contributed by atoms with Crippen LogP contribution in [0.3, 0.4) is 0 Å². The Balaban J connectivity index is 2.59. The third-order valence-electron chi connectivity index (χ3n) is 9.47. The van der Waals surface area contributed by atoms with Crippen molar-refractivity contribution in [1.29, 1.82) is 0 Å². The van der Waals surface area contributed by atoms with Crippen molar-refractivity contribution in [3.63, 3.8) is 0 Å². The van der Waals surface area contributed by atoms with Crippen molar-refractivity contribution in [2.75, 3.05) is 0 Å². The Morgan fingerprint density at radius 1 is 0.514 bits per heavy atom. The maximum Gasteiger partial charge on any atom is 0.122 e. The van der Waals surface area contributed by atoms with Crippen molar-refractivity contribution in [2.24, 2.45) is 0 Å². The molecule has 35 heavy (non-hydrogen) atoms. The maximum absolute atomic E-state index is 11.4. The van der Waals surface area contributed by atoms with Gasteiger partial charge in [0, 0.05) is 5.56 Å². The van der Waals surface area contributed by atoms with Crippen LogP contribution in [0.25, 0.3) is 0 Å². The lowest BCUT2D eigenvalue weighted by Gasteiger charge is -2.31. The van der Waals surface area contributed by atoms with Crippen molar-refractivity contribution in [2.45, 2.75) is 143 Å². The minimum Gasteiger partial charge on any atom is -0.507 e. The van der Waals surface area contributed by atoms with E-state index >= 15 is 0 Å². The van der Waals surface area contributed by atoms with Crippen LogP contribution in [0.15, 0.2) is 30.3 Å². The van der Waals surface area contributed by atoms with E-state index in [2.05, 4.69) is 113 Å². The number of rotatable bonds is 11. The second kappa shape index (κ2) is 10.7. The summed E-state index contributed by atoms with van der Waals surface area (Å²) in [6.07, 6.45) is 6.11. The summed E-state index contributed by atoms with van der Waals surface area (Å²) < 4.78 is 0. The zero-order valence-electron chi connectivity index (χ0n) is 25.1. The van der Waals surface area contributed by atoms with Gasteiger partial charge in [0.1, 0.15) is 5.75 Å². The van der Waals surface area contributed by atoms with Crippen LogP contribution in [0.2, 0.25) is 0 Å². The second-order valence-electron chi connectivity index (χ2n) is 13.4. The van der Waals surface area contributed by atoms with Gasteiger partial charge in [-0.05, 0) is 88.0 Å². The van der Waals surface area contributed by atoms with Gasteiger partial charge in [0.15, 0.2) is 0 Å². The summed E-state index contributed by atoms with van der Waals surface area (Å²) in [6.45, 7) is 27.6. The topological polar surface area (TPSA) is 20.2 Å². The fraction of sp³-hybridized carbons (Fsp3) is 0.647. The number of aryl methyl sites for hydroxylation is 2. The molecule has 0 unspecified atom stereocenters. The largest absolute Gasteiger partial charge is 0.507 e. The average molecular weight is 479 g/mol. The fourth-order valence-electron chi connectivity index (χ4n) is 4.49. The number of aromatic hydroxyl groups is 1. The third kappa shape index (κ3) is 6.52. The molecule has 0 aromatic heterocycles. The lowest BCUT2D eigenvalue weighted by molar-refractivity contribution is 0.419. The molecule has 0 amide bonds. The zero-order valence-corrected chi connectivity index (χ0v) is 25.1. The van der Waals surface area contributed by atoms with Gasteiger partial charge >= 0.3 is 0 Å². The van der Waals surface area contributed by atoms with Gasteiger partial charge in [-0.2, -0.15) is 0 Å². The molecule has 0 aliphatic heterocycles.